The second-order valence-electron chi connectivity index (χ2n) is 4.34. The molecule has 4 N–H and O–H groups in total. The smallest absolute Gasteiger partial charge is 0.254 e. The lowest BCUT2D eigenvalue weighted by molar-refractivity contribution is 0.100. The van der Waals surface area contributed by atoms with Gasteiger partial charge in [0.2, 0.25) is 0 Å². The zero-order chi connectivity index (χ0) is 14.3. The third-order valence-electron chi connectivity index (χ3n) is 2.99. The minimum atomic E-state index is -0.625. The van der Waals surface area contributed by atoms with E-state index in [0.29, 0.717) is 11.5 Å². The molecule has 7 nitrogen and oxygen atoms in total. The number of hydrogen-bond donors (Lipinski definition) is 2. The summed E-state index contributed by atoms with van der Waals surface area (Å²) in [5.74, 6) is 0.0130. The maximum Gasteiger partial charge on any atom is 0.254 e. The second kappa shape index (κ2) is 4.30. The predicted octanol–water partition coefficient (Wildman–Crippen LogP) is 0.805. The van der Waals surface area contributed by atoms with Crippen LogP contribution in [0.2, 0.25) is 0 Å². The van der Waals surface area contributed by atoms with E-state index in [-0.39, 0.29) is 11.4 Å². The third-order valence-corrected chi connectivity index (χ3v) is 2.99. The molecule has 2 aromatic heterocycles. The molecule has 0 fully saturated rings. The number of nitrogens with zero attached hydrogens (tertiary/aromatic N) is 4. The van der Waals surface area contributed by atoms with Gasteiger partial charge in [-0.1, -0.05) is 12.1 Å². The Bertz CT molecular complexity index is 823. The number of aryl methyl sites for hydroxylation is 1. The number of nitrogen functional groups attached to an aromatic ring is 1. The van der Waals surface area contributed by atoms with Gasteiger partial charge in [-0.15, -0.1) is 0 Å². The van der Waals surface area contributed by atoms with Crippen molar-refractivity contribution >= 4 is 22.8 Å². The highest BCUT2D eigenvalue weighted by molar-refractivity contribution is 5.97. The van der Waals surface area contributed by atoms with Gasteiger partial charge in [0.05, 0.1) is 22.9 Å². The summed E-state index contributed by atoms with van der Waals surface area (Å²) in [6.07, 6.45) is 1.33. The van der Waals surface area contributed by atoms with Crippen molar-refractivity contribution in [2.75, 3.05) is 5.73 Å². The standard InChI is InChI=1S/C13H12N6O/c1-7-13(18-10-5-3-2-4-9(10)17-7)19-11(14)8(6-16-19)12(15)20/h2-6H,14H2,1H3,(H2,15,20). The molecular weight excluding hydrogens is 256 g/mol. The highest BCUT2D eigenvalue weighted by Gasteiger charge is 2.16. The Kier molecular flexibility index (Phi) is 2.60. The zero-order valence-corrected chi connectivity index (χ0v) is 10.7. The monoisotopic (exact) mass is 268 g/mol. The molecule has 0 bridgehead atoms. The highest BCUT2D eigenvalue weighted by atomic mass is 16.1. The lowest BCUT2D eigenvalue weighted by Gasteiger charge is -2.08. The van der Waals surface area contributed by atoms with Crippen molar-refractivity contribution in [3.63, 3.8) is 0 Å². The molecule has 7 heteroatoms. The van der Waals surface area contributed by atoms with E-state index in [1.54, 1.807) is 6.92 Å². The summed E-state index contributed by atoms with van der Waals surface area (Å²) >= 11 is 0. The molecule has 1 amide bonds. The van der Waals surface area contributed by atoms with Crippen LogP contribution in [-0.4, -0.2) is 25.7 Å². The summed E-state index contributed by atoms with van der Waals surface area (Å²) in [6, 6.07) is 7.49. The Morgan fingerprint density at radius 2 is 1.85 bits per heavy atom. The molecule has 20 heavy (non-hydrogen) atoms. The fourth-order valence-electron chi connectivity index (χ4n) is 2.00. The van der Waals surface area contributed by atoms with E-state index in [1.165, 1.54) is 10.9 Å². The van der Waals surface area contributed by atoms with E-state index >= 15 is 0 Å². The molecule has 2 heterocycles. The molecule has 0 radical (unpaired) electrons. The van der Waals surface area contributed by atoms with Crippen LogP contribution in [0.15, 0.2) is 30.5 Å². The lowest BCUT2D eigenvalue weighted by Crippen LogP contribution is -2.14. The van der Waals surface area contributed by atoms with E-state index in [4.69, 9.17) is 11.5 Å². The lowest BCUT2D eigenvalue weighted by atomic mass is 10.3. The molecular formula is C13H12N6O. The number of amides is 1. The van der Waals surface area contributed by atoms with Crippen molar-refractivity contribution < 1.29 is 4.79 Å². The topological polar surface area (TPSA) is 113 Å². The number of aromatic nitrogens is 4. The van der Waals surface area contributed by atoms with E-state index in [2.05, 4.69) is 15.1 Å². The van der Waals surface area contributed by atoms with Crippen molar-refractivity contribution in [1.29, 1.82) is 0 Å². The molecule has 0 saturated heterocycles. The normalized spacial score (nSPS) is 10.8. The summed E-state index contributed by atoms with van der Waals surface area (Å²) in [5.41, 5.74) is 13.4. The van der Waals surface area contributed by atoms with Crippen LogP contribution < -0.4 is 11.5 Å². The first kappa shape index (κ1) is 12.1. The van der Waals surface area contributed by atoms with Crippen molar-refractivity contribution in [2.24, 2.45) is 5.73 Å². The fraction of sp³-hybridized carbons (Fsp3) is 0.0769. The Labute approximate surface area is 114 Å². The van der Waals surface area contributed by atoms with Gasteiger partial charge in [-0.2, -0.15) is 9.78 Å². The summed E-state index contributed by atoms with van der Waals surface area (Å²) < 4.78 is 1.37. The summed E-state index contributed by atoms with van der Waals surface area (Å²) in [7, 11) is 0. The number of para-hydroxylation sites is 2. The summed E-state index contributed by atoms with van der Waals surface area (Å²) in [5, 5.41) is 4.06. The van der Waals surface area contributed by atoms with Crippen molar-refractivity contribution in [2.45, 2.75) is 6.92 Å². The zero-order valence-electron chi connectivity index (χ0n) is 10.7. The summed E-state index contributed by atoms with van der Waals surface area (Å²) in [4.78, 5) is 20.2. The number of benzene rings is 1. The fourth-order valence-corrected chi connectivity index (χ4v) is 2.00. The van der Waals surface area contributed by atoms with Gasteiger partial charge in [0.15, 0.2) is 5.82 Å². The average molecular weight is 268 g/mol. The Balaban J connectivity index is 2.24. The van der Waals surface area contributed by atoms with Gasteiger partial charge in [-0.3, -0.25) is 4.79 Å². The molecule has 0 spiro atoms. The molecule has 3 aromatic rings. The van der Waals surface area contributed by atoms with Gasteiger partial charge in [0, 0.05) is 0 Å². The van der Waals surface area contributed by atoms with Gasteiger partial charge in [-0.05, 0) is 19.1 Å². The Hall–Kier alpha value is -2.96. The maximum absolute atomic E-state index is 11.2. The molecule has 100 valence electrons. The van der Waals surface area contributed by atoms with Gasteiger partial charge in [0.1, 0.15) is 11.4 Å². The number of primary amides is 1. The Morgan fingerprint density at radius 3 is 2.45 bits per heavy atom. The van der Waals surface area contributed by atoms with Crippen molar-refractivity contribution in [3.8, 4) is 5.82 Å². The van der Waals surface area contributed by atoms with Crippen LogP contribution in [0.1, 0.15) is 16.1 Å². The second-order valence-corrected chi connectivity index (χ2v) is 4.34. The first-order chi connectivity index (χ1) is 9.58. The number of carbonyl (C=O) groups is 1. The quantitative estimate of drug-likeness (QED) is 0.714. The molecule has 0 saturated carbocycles. The van der Waals surface area contributed by atoms with Gasteiger partial charge in [-0.25, -0.2) is 9.97 Å². The molecule has 1 aromatic carbocycles. The first-order valence-electron chi connectivity index (χ1n) is 5.95. The first-order valence-corrected chi connectivity index (χ1v) is 5.95. The number of rotatable bonds is 2. The Morgan fingerprint density at radius 1 is 1.20 bits per heavy atom. The van der Waals surface area contributed by atoms with Crippen LogP contribution in [0.5, 0.6) is 0 Å². The SMILES string of the molecule is Cc1nc2ccccc2nc1-n1ncc(C(N)=O)c1N. The average Bonchev–Trinajstić information content (AvgIpc) is 2.80. The van der Waals surface area contributed by atoms with Crippen molar-refractivity contribution in [1.82, 2.24) is 19.7 Å². The van der Waals surface area contributed by atoms with Crippen molar-refractivity contribution in [3.05, 3.63) is 41.7 Å². The maximum atomic E-state index is 11.2. The van der Waals surface area contributed by atoms with Gasteiger partial charge >= 0.3 is 0 Å². The van der Waals surface area contributed by atoms with E-state index in [9.17, 15) is 4.79 Å². The van der Waals surface area contributed by atoms with Gasteiger partial charge < -0.3 is 11.5 Å². The molecule has 0 unspecified atom stereocenters. The molecule has 0 atom stereocenters. The number of hydrogen-bond acceptors (Lipinski definition) is 5. The number of carbonyl (C=O) groups excluding carboxylic acids is 1. The highest BCUT2D eigenvalue weighted by Crippen LogP contribution is 2.19. The number of anilines is 1. The number of nitrogens with two attached hydrogens (primary N) is 2. The van der Waals surface area contributed by atoms with Gasteiger partial charge in [0.25, 0.3) is 5.91 Å². The van der Waals surface area contributed by atoms with E-state index in [1.807, 2.05) is 24.3 Å². The minimum absolute atomic E-state index is 0.158. The van der Waals surface area contributed by atoms with E-state index < -0.39 is 5.91 Å². The number of fused-ring (bicyclic) bond motifs is 1. The van der Waals surface area contributed by atoms with Crippen LogP contribution in [0, 0.1) is 6.92 Å². The van der Waals surface area contributed by atoms with Crippen LogP contribution in [0.25, 0.3) is 16.9 Å². The van der Waals surface area contributed by atoms with E-state index in [0.717, 1.165) is 11.0 Å². The largest absolute Gasteiger partial charge is 0.383 e. The third kappa shape index (κ3) is 1.76. The molecule has 3 rings (SSSR count). The van der Waals surface area contributed by atoms with Crippen LogP contribution in [-0.2, 0) is 0 Å². The molecule has 0 aliphatic carbocycles. The van der Waals surface area contributed by atoms with Crippen LogP contribution >= 0.6 is 0 Å². The molecule has 0 aliphatic heterocycles. The van der Waals surface area contributed by atoms with Crippen LogP contribution in [0.4, 0.5) is 5.82 Å². The molecule has 0 aliphatic rings. The predicted molar refractivity (Wildman–Crippen MR) is 74.3 cm³/mol. The van der Waals surface area contributed by atoms with Crippen LogP contribution in [0.3, 0.4) is 0 Å². The summed E-state index contributed by atoms with van der Waals surface area (Å²) in [6.45, 7) is 1.81. The minimum Gasteiger partial charge on any atom is -0.383 e.